The van der Waals surface area contributed by atoms with Gasteiger partial charge in [0.2, 0.25) is 0 Å². The molecule has 0 atom stereocenters. The smallest absolute Gasteiger partial charge is 0.326 e. The fraction of sp³-hybridized carbons (Fsp3) is 0.240. The number of nitrogens with one attached hydrogen (secondary N) is 1. The molecule has 5 rings (SSSR count). The zero-order valence-corrected chi connectivity index (χ0v) is 17.9. The Morgan fingerprint density at radius 2 is 1.71 bits per heavy atom. The van der Waals surface area contributed by atoms with E-state index >= 15 is 0 Å². The predicted molar refractivity (Wildman–Crippen MR) is 124 cm³/mol. The van der Waals surface area contributed by atoms with Gasteiger partial charge in [-0.2, -0.15) is 0 Å². The van der Waals surface area contributed by atoms with Gasteiger partial charge in [-0.25, -0.2) is 4.79 Å². The van der Waals surface area contributed by atoms with Crippen LogP contribution in [-0.2, 0) is 6.54 Å². The molecule has 31 heavy (non-hydrogen) atoms. The number of benzene rings is 3. The average Bonchev–Trinajstić information content (AvgIpc) is 3.10. The molecule has 0 amide bonds. The van der Waals surface area contributed by atoms with Crippen molar-refractivity contribution in [3.63, 3.8) is 0 Å². The van der Waals surface area contributed by atoms with Gasteiger partial charge in [-0.3, -0.25) is 9.47 Å². The number of likely N-dealkylation sites (tertiary alicyclic amines) is 1. The summed E-state index contributed by atoms with van der Waals surface area (Å²) in [4.78, 5) is 17.9. The van der Waals surface area contributed by atoms with E-state index in [0.717, 1.165) is 55.0 Å². The minimum atomic E-state index is -0.0542. The zero-order valence-electron chi connectivity index (χ0n) is 17.1. The molecule has 3 aromatic carbocycles. The molecule has 0 aliphatic carbocycles. The summed E-state index contributed by atoms with van der Waals surface area (Å²) in [6.45, 7) is 2.76. The SMILES string of the molecule is O=c1[nH]c2cc(Cl)ccc2n1C1CCN(Cc2cccc(Oc3ccccc3)c2)CC1. The fourth-order valence-corrected chi connectivity index (χ4v) is 4.56. The first-order valence-corrected chi connectivity index (χ1v) is 11.0. The molecular formula is C25H24ClN3O2. The standard InChI is InChI=1S/C25H24ClN3O2/c26-19-9-10-24-23(16-19)27-25(30)29(24)20-11-13-28(14-12-20)17-18-5-4-8-22(15-18)31-21-6-2-1-3-7-21/h1-10,15-16,20H,11-14,17H2,(H,27,30). The third-order valence-corrected chi connectivity index (χ3v) is 6.12. The highest BCUT2D eigenvalue weighted by Crippen LogP contribution is 2.28. The van der Waals surface area contributed by atoms with Crippen LogP contribution in [0.25, 0.3) is 11.0 Å². The number of imidazole rings is 1. The van der Waals surface area contributed by atoms with Crippen molar-refractivity contribution >= 4 is 22.6 Å². The summed E-state index contributed by atoms with van der Waals surface area (Å²) in [6, 6.07) is 23.9. The predicted octanol–water partition coefficient (Wildman–Crippen LogP) is 5.61. The van der Waals surface area contributed by atoms with E-state index in [9.17, 15) is 4.79 Å². The number of nitrogens with zero attached hydrogens (tertiary/aromatic N) is 2. The average molecular weight is 434 g/mol. The van der Waals surface area contributed by atoms with E-state index in [2.05, 4.69) is 22.0 Å². The van der Waals surface area contributed by atoms with Gasteiger partial charge in [-0.05, 0) is 60.9 Å². The van der Waals surface area contributed by atoms with Crippen LogP contribution >= 0.6 is 11.6 Å². The Balaban J connectivity index is 1.24. The summed E-state index contributed by atoms with van der Waals surface area (Å²) in [5, 5.41) is 0.634. The van der Waals surface area contributed by atoms with Crippen LogP contribution in [0.2, 0.25) is 5.02 Å². The maximum atomic E-state index is 12.5. The summed E-state index contributed by atoms with van der Waals surface area (Å²) in [6.07, 6.45) is 1.88. The third kappa shape index (κ3) is 4.38. The molecule has 0 spiro atoms. The van der Waals surface area contributed by atoms with Crippen LogP contribution in [0, 0.1) is 0 Å². The highest BCUT2D eigenvalue weighted by molar-refractivity contribution is 6.31. The lowest BCUT2D eigenvalue weighted by Crippen LogP contribution is -2.36. The van der Waals surface area contributed by atoms with Crippen molar-refractivity contribution in [2.24, 2.45) is 0 Å². The monoisotopic (exact) mass is 433 g/mol. The minimum absolute atomic E-state index is 0.0542. The number of fused-ring (bicyclic) bond motifs is 1. The second-order valence-corrected chi connectivity index (χ2v) is 8.47. The van der Waals surface area contributed by atoms with Crippen molar-refractivity contribution < 1.29 is 4.74 Å². The van der Waals surface area contributed by atoms with Gasteiger partial charge in [-0.15, -0.1) is 0 Å². The summed E-state index contributed by atoms with van der Waals surface area (Å²) in [7, 11) is 0. The molecule has 1 N–H and O–H groups in total. The van der Waals surface area contributed by atoms with Gasteiger partial charge in [0.1, 0.15) is 11.5 Å². The molecule has 2 heterocycles. The quantitative estimate of drug-likeness (QED) is 0.445. The third-order valence-electron chi connectivity index (χ3n) is 5.88. The van der Waals surface area contributed by atoms with E-state index in [4.69, 9.17) is 16.3 Å². The van der Waals surface area contributed by atoms with Gasteiger partial charge in [-0.1, -0.05) is 41.9 Å². The summed E-state index contributed by atoms with van der Waals surface area (Å²) >= 11 is 6.07. The molecule has 0 saturated carbocycles. The molecule has 1 saturated heterocycles. The summed E-state index contributed by atoms with van der Waals surface area (Å²) in [5.74, 6) is 1.69. The number of hydrogen-bond acceptors (Lipinski definition) is 3. The normalized spacial score (nSPS) is 15.4. The Morgan fingerprint density at radius 1 is 0.935 bits per heavy atom. The maximum absolute atomic E-state index is 12.5. The van der Waals surface area contributed by atoms with E-state index < -0.39 is 0 Å². The first kappa shape index (κ1) is 19.9. The molecule has 0 radical (unpaired) electrons. The van der Waals surface area contributed by atoms with Gasteiger partial charge in [0.15, 0.2) is 0 Å². The Hall–Kier alpha value is -3.02. The number of hydrogen-bond donors (Lipinski definition) is 1. The molecule has 5 nitrogen and oxygen atoms in total. The highest BCUT2D eigenvalue weighted by Gasteiger charge is 2.23. The number of para-hydroxylation sites is 1. The molecule has 1 aliphatic rings. The highest BCUT2D eigenvalue weighted by atomic mass is 35.5. The van der Waals surface area contributed by atoms with Gasteiger partial charge in [0, 0.05) is 30.7 Å². The molecular weight excluding hydrogens is 410 g/mol. The van der Waals surface area contributed by atoms with Crippen molar-refractivity contribution in [1.29, 1.82) is 0 Å². The van der Waals surface area contributed by atoms with E-state index in [0.29, 0.717) is 5.02 Å². The van der Waals surface area contributed by atoms with Gasteiger partial charge >= 0.3 is 5.69 Å². The lowest BCUT2D eigenvalue weighted by Gasteiger charge is -2.32. The number of H-pyrrole nitrogens is 1. The first-order chi connectivity index (χ1) is 15.2. The Labute approximate surface area is 185 Å². The van der Waals surface area contributed by atoms with E-state index in [1.807, 2.05) is 65.2 Å². The van der Waals surface area contributed by atoms with Crippen LogP contribution in [0.4, 0.5) is 0 Å². The minimum Gasteiger partial charge on any atom is -0.457 e. The lowest BCUT2D eigenvalue weighted by atomic mass is 10.0. The van der Waals surface area contributed by atoms with E-state index in [1.54, 1.807) is 0 Å². The van der Waals surface area contributed by atoms with Gasteiger partial charge < -0.3 is 9.72 Å². The van der Waals surface area contributed by atoms with Crippen molar-refractivity contribution in [3.05, 3.63) is 93.9 Å². The number of rotatable bonds is 5. The largest absolute Gasteiger partial charge is 0.457 e. The molecule has 158 valence electrons. The molecule has 0 unspecified atom stereocenters. The van der Waals surface area contributed by atoms with E-state index in [1.165, 1.54) is 5.56 Å². The Bertz CT molecular complexity index is 1240. The van der Waals surface area contributed by atoms with Crippen LogP contribution in [-0.4, -0.2) is 27.5 Å². The second-order valence-electron chi connectivity index (χ2n) is 8.03. The second kappa shape index (κ2) is 8.61. The molecule has 4 aromatic rings. The summed E-state index contributed by atoms with van der Waals surface area (Å²) < 4.78 is 7.87. The van der Waals surface area contributed by atoms with Gasteiger partial charge in [0.05, 0.1) is 11.0 Å². The summed E-state index contributed by atoms with van der Waals surface area (Å²) in [5.41, 5.74) is 2.90. The van der Waals surface area contributed by atoms with Crippen molar-refractivity contribution in [3.8, 4) is 11.5 Å². The number of aromatic nitrogens is 2. The zero-order chi connectivity index (χ0) is 21.2. The van der Waals surface area contributed by atoms with Crippen LogP contribution in [0.3, 0.4) is 0 Å². The van der Waals surface area contributed by atoms with Gasteiger partial charge in [0.25, 0.3) is 0 Å². The van der Waals surface area contributed by atoms with Crippen LogP contribution in [0.1, 0.15) is 24.4 Å². The molecule has 0 bridgehead atoms. The number of ether oxygens (including phenoxy) is 1. The van der Waals surface area contributed by atoms with E-state index in [-0.39, 0.29) is 11.7 Å². The van der Waals surface area contributed by atoms with Crippen molar-refractivity contribution in [2.75, 3.05) is 13.1 Å². The van der Waals surface area contributed by atoms with Crippen LogP contribution < -0.4 is 10.4 Å². The lowest BCUT2D eigenvalue weighted by molar-refractivity contribution is 0.180. The fourth-order valence-electron chi connectivity index (χ4n) is 4.39. The number of aromatic amines is 1. The maximum Gasteiger partial charge on any atom is 0.326 e. The molecule has 1 fully saturated rings. The van der Waals surface area contributed by atoms with Crippen LogP contribution in [0.5, 0.6) is 11.5 Å². The number of halogens is 1. The Morgan fingerprint density at radius 3 is 2.52 bits per heavy atom. The molecule has 1 aliphatic heterocycles. The first-order valence-electron chi connectivity index (χ1n) is 10.6. The molecule has 6 heteroatoms. The van der Waals surface area contributed by atoms with Crippen molar-refractivity contribution in [1.82, 2.24) is 14.5 Å². The van der Waals surface area contributed by atoms with Crippen molar-refractivity contribution in [2.45, 2.75) is 25.4 Å². The Kier molecular flexibility index (Phi) is 5.53. The van der Waals surface area contributed by atoms with Crippen LogP contribution in [0.15, 0.2) is 77.6 Å². The topological polar surface area (TPSA) is 50.3 Å². The molecule has 1 aromatic heterocycles. The number of piperidine rings is 1.